The zero-order valence-corrected chi connectivity index (χ0v) is 23.3. The number of rotatable bonds is 16. The molecule has 8 N–H and O–H groups in total. The van der Waals surface area contributed by atoms with E-state index in [1.54, 1.807) is 42.5 Å². The van der Waals surface area contributed by atoms with Gasteiger partial charge in [0, 0.05) is 6.42 Å². The minimum absolute atomic E-state index is 0.00578. The van der Waals surface area contributed by atoms with Gasteiger partial charge in [-0.2, -0.15) is 0 Å². The second kappa shape index (κ2) is 16.0. The van der Waals surface area contributed by atoms with Crippen LogP contribution in [0.4, 0.5) is 0 Å². The first-order valence-corrected chi connectivity index (χ1v) is 13.3. The van der Waals surface area contributed by atoms with E-state index in [4.69, 9.17) is 1.41 Å². The Kier molecular flexibility index (Phi) is 12.1. The molecular formula is C29H39N5O7. The smallest absolute Gasteiger partial charge is 0.326 e. The summed E-state index contributed by atoms with van der Waals surface area (Å²) in [5.41, 5.74) is 3.57. The van der Waals surface area contributed by atoms with Crippen molar-refractivity contribution in [3.8, 4) is 5.75 Å². The van der Waals surface area contributed by atoms with Crippen LogP contribution in [0, 0.1) is 5.92 Å². The van der Waals surface area contributed by atoms with Crippen molar-refractivity contribution < 1.29 is 35.6 Å². The van der Waals surface area contributed by atoms with Gasteiger partial charge < -0.3 is 37.2 Å². The fourth-order valence-corrected chi connectivity index (χ4v) is 3.93. The van der Waals surface area contributed by atoms with Gasteiger partial charge in [-0.1, -0.05) is 56.3 Å². The minimum atomic E-state index is -1.18. The second-order valence-electron chi connectivity index (χ2n) is 10.2. The summed E-state index contributed by atoms with van der Waals surface area (Å²) in [7, 11) is 0. The highest BCUT2D eigenvalue weighted by atomic mass is 16.4. The molecule has 0 fully saturated rings. The van der Waals surface area contributed by atoms with E-state index in [0.717, 1.165) is 5.56 Å². The Morgan fingerprint density at radius 1 is 0.805 bits per heavy atom. The predicted octanol–water partition coefficient (Wildman–Crippen LogP) is 0.226. The Hall–Kier alpha value is -4.45. The van der Waals surface area contributed by atoms with E-state index in [-0.39, 0.29) is 30.9 Å². The third-order valence-corrected chi connectivity index (χ3v) is 6.12. The summed E-state index contributed by atoms with van der Waals surface area (Å²) in [5, 5.41) is 28.9. The van der Waals surface area contributed by atoms with Crippen LogP contribution in [0.1, 0.15) is 38.3 Å². The zero-order chi connectivity index (χ0) is 31.2. The maximum atomic E-state index is 13.0. The third kappa shape index (κ3) is 11.7. The number of phenolic OH excluding ortho intramolecular Hbond substituents is 1. The van der Waals surface area contributed by atoms with Crippen LogP contribution in [0.2, 0.25) is 1.41 Å². The lowest BCUT2D eigenvalue weighted by molar-refractivity contribution is -0.142. The summed E-state index contributed by atoms with van der Waals surface area (Å²) in [4.78, 5) is 62.6. The van der Waals surface area contributed by atoms with Crippen LogP contribution in [-0.2, 0) is 36.8 Å². The van der Waals surface area contributed by atoms with Gasteiger partial charge in [-0.25, -0.2) is 4.79 Å². The summed E-state index contributed by atoms with van der Waals surface area (Å²) in [6, 6.07) is 10.7. The van der Waals surface area contributed by atoms with Crippen LogP contribution in [0.5, 0.6) is 5.75 Å². The van der Waals surface area contributed by atoms with Gasteiger partial charge in [-0.15, -0.1) is 0 Å². The van der Waals surface area contributed by atoms with Gasteiger partial charge in [0.15, 0.2) is 0 Å². The average Bonchev–Trinajstić information content (AvgIpc) is 2.94. The topological polar surface area (TPSA) is 200 Å². The number of nitrogens with two attached hydrogens (primary N) is 1. The molecule has 4 atom stereocenters. The lowest BCUT2D eigenvalue weighted by atomic mass is 10.0. The molecule has 2 rings (SSSR count). The number of carboxylic acid groups (broad SMARTS) is 1. The molecule has 0 aliphatic carbocycles. The van der Waals surface area contributed by atoms with Crippen molar-refractivity contribution >= 4 is 29.6 Å². The largest absolute Gasteiger partial charge is 0.508 e. The van der Waals surface area contributed by atoms with Crippen molar-refractivity contribution in [2.75, 3.05) is 6.54 Å². The highest BCUT2D eigenvalue weighted by Crippen LogP contribution is 2.11. The van der Waals surface area contributed by atoms with Crippen molar-refractivity contribution in [1.82, 2.24) is 21.3 Å². The molecule has 0 saturated heterocycles. The summed E-state index contributed by atoms with van der Waals surface area (Å²) >= 11 is 0. The van der Waals surface area contributed by atoms with E-state index in [9.17, 15) is 34.2 Å². The Morgan fingerprint density at radius 3 is 2.02 bits per heavy atom. The van der Waals surface area contributed by atoms with Crippen molar-refractivity contribution in [2.45, 2.75) is 64.2 Å². The van der Waals surface area contributed by atoms with Crippen LogP contribution in [0.15, 0.2) is 54.6 Å². The molecule has 12 nitrogen and oxygen atoms in total. The zero-order valence-electron chi connectivity index (χ0n) is 24.3. The minimum Gasteiger partial charge on any atom is -0.508 e. The predicted molar refractivity (Wildman–Crippen MR) is 151 cm³/mol. The molecule has 0 aromatic heterocycles. The van der Waals surface area contributed by atoms with E-state index in [2.05, 4.69) is 27.0 Å². The Balaban J connectivity index is 1.96. The number of aromatic hydroxyl groups is 1. The van der Waals surface area contributed by atoms with Crippen LogP contribution in [-0.4, -0.2) is 70.5 Å². The monoisotopic (exact) mass is 570 g/mol. The van der Waals surface area contributed by atoms with Crippen molar-refractivity contribution in [3.63, 3.8) is 0 Å². The standard InChI is InChI=1S/C29H39N5O7/c1-17(2)13-24(29(40)41)34-28(39)23(15-19-7-5-4-6-8-19)33-25(36)16-31-26(37)18(3)32-27(38)22(30)14-20-9-11-21(35)12-10-20/h4-12,17-18,22-24,35H,13-16,30H2,1-3H3,(H,31,37)(H,32,38)(H,33,36)(H,34,39)(H,40,41)/t18-,22-,23-,24+/m0/s1/i/hD. The first kappa shape index (κ1) is 31.1. The van der Waals surface area contributed by atoms with Crippen molar-refractivity contribution in [3.05, 3.63) is 65.7 Å². The quantitative estimate of drug-likeness (QED) is 0.149. The Morgan fingerprint density at radius 2 is 1.44 bits per heavy atom. The molecule has 0 aliphatic rings. The molecule has 0 bridgehead atoms. The summed E-state index contributed by atoms with van der Waals surface area (Å²) in [5.74, 6) is -3.75. The number of hydrogen-bond acceptors (Lipinski definition) is 7. The Bertz CT molecular complexity index is 1210. The van der Waals surface area contributed by atoms with Crippen LogP contribution >= 0.6 is 0 Å². The number of carboxylic acids is 1. The number of carbonyl (C=O) groups excluding carboxylic acids is 4. The molecule has 0 aliphatic heterocycles. The SMILES string of the molecule is [2H]N[C@@H](Cc1ccc(O)cc1)C(=O)N[C@@H](C)C(=O)NCC(=O)N[C@@H](Cc1ccccc1)C(=O)N[C@H](CC(C)C)C(=O)O. The molecule has 0 radical (unpaired) electrons. The van der Waals surface area contributed by atoms with Gasteiger partial charge in [0.1, 0.15) is 25.3 Å². The lowest BCUT2D eigenvalue weighted by Gasteiger charge is -2.23. The fraction of sp³-hybridized carbons (Fsp3) is 0.414. The highest BCUT2D eigenvalue weighted by molar-refractivity contribution is 5.94. The Labute approximate surface area is 240 Å². The molecule has 12 heteroatoms. The first-order chi connectivity index (χ1) is 19.9. The maximum Gasteiger partial charge on any atom is 0.326 e. The van der Waals surface area contributed by atoms with Gasteiger partial charge >= 0.3 is 5.97 Å². The summed E-state index contributed by atoms with van der Waals surface area (Å²) < 4.78 is 7.47. The highest BCUT2D eigenvalue weighted by Gasteiger charge is 2.28. The molecule has 0 spiro atoms. The number of phenols is 1. The lowest BCUT2D eigenvalue weighted by Crippen LogP contribution is -2.55. The molecule has 41 heavy (non-hydrogen) atoms. The molecule has 0 heterocycles. The molecule has 4 amide bonds. The number of hydrogen-bond donors (Lipinski definition) is 7. The molecule has 0 unspecified atom stereocenters. The summed E-state index contributed by atoms with van der Waals surface area (Å²) in [6.45, 7) is 4.58. The fourth-order valence-electron chi connectivity index (χ4n) is 3.93. The molecule has 2 aromatic rings. The molecule has 222 valence electrons. The van der Waals surface area contributed by atoms with E-state index in [1.165, 1.54) is 19.1 Å². The average molecular weight is 571 g/mol. The van der Waals surface area contributed by atoms with Crippen LogP contribution < -0.4 is 27.0 Å². The van der Waals surface area contributed by atoms with E-state index < -0.39 is 60.3 Å². The van der Waals surface area contributed by atoms with Gasteiger partial charge in [0.25, 0.3) is 0 Å². The maximum absolute atomic E-state index is 13.0. The van der Waals surface area contributed by atoms with E-state index >= 15 is 0 Å². The van der Waals surface area contributed by atoms with Crippen molar-refractivity contribution in [2.24, 2.45) is 11.6 Å². The number of aliphatic carboxylic acids is 1. The molecule has 2 aromatic carbocycles. The van der Waals surface area contributed by atoms with Gasteiger partial charge in [0.2, 0.25) is 23.6 Å². The number of nitrogens with one attached hydrogen (secondary N) is 4. The number of benzene rings is 2. The second-order valence-corrected chi connectivity index (χ2v) is 10.2. The molecule has 0 saturated carbocycles. The number of amides is 4. The third-order valence-electron chi connectivity index (χ3n) is 6.12. The van der Waals surface area contributed by atoms with E-state index in [0.29, 0.717) is 5.56 Å². The first-order valence-electron chi connectivity index (χ1n) is 13.8. The number of carbonyl (C=O) groups is 5. The van der Waals surface area contributed by atoms with Crippen LogP contribution in [0.25, 0.3) is 0 Å². The molecular weight excluding hydrogens is 530 g/mol. The van der Waals surface area contributed by atoms with Gasteiger partial charge in [-0.3, -0.25) is 19.2 Å². The van der Waals surface area contributed by atoms with Gasteiger partial charge in [0.05, 0.1) is 12.6 Å². The summed E-state index contributed by atoms with van der Waals surface area (Å²) in [6.07, 6.45) is 0.435. The van der Waals surface area contributed by atoms with Crippen molar-refractivity contribution in [1.29, 1.82) is 0 Å². The van der Waals surface area contributed by atoms with E-state index in [1.807, 2.05) is 13.8 Å². The van der Waals surface area contributed by atoms with Gasteiger partial charge in [-0.05, 0) is 48.9 Å². The van der Waals surface area contributed by atoms with Crippen LogP contribution in [0.3, 0.4) is 0 Å². The normalized spacial score (nSPS) is 14.1.